The number of benzene rings is 1. The van der Waals surface area contributed by atoms with Crippen molar-refractivity contribution < 1.29 is 0 Å². The Morgan fingerprint density at radius 1 is 1.14 bits per heavy atom. The zero-order valence-corrected chi connectivity index (χ0v) is 12.5. The molecule has 1 saturated heterocycles. The second-order valence-electron chi connectivity index (χ2n) is 5.73. The highest BCUT2D eigenvalue weighted by Crippen LogP contribution is 2.18. The summed E-state index contributed by atoms with van der Waals surface area (Å²) in [6, 6.07) is 13.1. The predicted octanol–water partition coefficient (Wildman–Crippen LogP) is 2.86. The Hall–Kier alpha value is -1.94. The van der Waals surface area contributed by atoms with E-state index in [4.69, 9.17) is 0 Å². The van der Waals surface area contributed by atoms with E-state index in [0.717, 1.165) is 38.3 Å². The van der Waals surface area contributed by atoms with Crippen LogP contribution >= 0.6 is 0 Å². The number of piperidine rings is 1. The maximum atomic E-state index is 4.10. The molecule has 110 valence electrons. The van der Waals surface area contributed by atoms with Crippen molar-refractivity contribution in [2.45, 2.75) is 32.4 Å². The summed E-state index contributed by atoms with van der Waals surface area (Å²) in [6.45, 7) is 5.51. The molecule has 1 aromatic carbocycles. The van der Waals surface area contributed by atoms with E-state index in [1.54, 1.807) is 6.20 Å². The van der Waals surface area contributed by atoms with E-state index in [2.05, 4.69) is 51.6 Å². The molecule has 4 heteroatoms. The lowest BCUT2D eigenvalue weighted by Gasteiger charge is -2.32. The van der Waals surface area contributed by atoms with Crippen molar-refractivity contribution >= 4 is 5.82 Å². The normalized spacial score (nSPS) is 16.8. The van der Waals surface area contributed by atoms with Crippen molar-refractivity contribution in [2.75, 3.05) is 18.4 Å². The van der Waals surface area contributed by atoms with Crippen molar-refractivity contribution in [3.63, 3.8) is 0 Å². The summed E-state index contributed by atoms with van der Waals surface area (Å²) in [5.74, 6) is 0.884. The number of nitrogens with zero attached hydrogens (tertiary/aromatic N) is 3. The van der Waals surface area contributed by atoms with Gasteiger partial charge in [-0.05, 0) is 43.0 Å². The summed E-state index contributed by atoms with van der Waals surface area (Å²) in [6.07, 6.45) is 4.01. The largest absolute Gasteiger partial charge is 0.366 e. The molecular formula is C17H22N4. The first-order valence-electron chi connectivity index (χ1n) is 7.62. The Balaban J connectivity index is 1.50. The standard InChI is InChI=1S/C17H22N4/c1-14-5-2-3-6-15(14)13-21-11-8-16(9-12-21)19-17-7-4-10-18-20-17/h2-7,10,16H,8-9,11-13H2,1H3,(H,19,20). The van der Waals surface area contributed by atoms with Gasteiger partial charge in [0.2, 0.25) is 0 Å². The Bertz CT molecular complexity index is 562. The highest BCUT2D eigenvalue weighted by atomic mass is 15.2. The lowest BCUT2D eigenvalue weighted by atomic mass is 10.0. The van der Waals surface area contributed by atoms with Crippen molar-refractivity contribution in [1.29, 1.82) is 0 Å². The van der Waals surface area contributed by atoms with Crippen LogP contribution in [0.2, 0.25) is 0 Å². The number of likely N-dealkylation sites (tertiary alicyclic amines) is 1. The molecule has 0 saturated carbocycles. The molecule has 0 bridgehead atoms. The van der Waals surface area contributed by atoms with E-state index in [9.17, 15) is 0 Å². The average Bonchev–Trinajstić information content (AvgIpc) is 2.52. The maximum Gasteiger partial charge on any atom is 0.148 e. The van der Waals surface area contributed by atoms with E-state index in [0.29, 0.717) is 6.04 Å². The summed E-state index contributed by atoms with van der Waals surface area (Å²) < 4.78 is 0. The molecule has 1 aliphatic rings. The van der Waals surface area contributed by atoms with Crippen LogP contribution in [-0.4, -0.2) is 34.2 Å². The van der Waals surface area contributed by atoms with Crippen LogP contribution in [0.15, 0.2) is 42.6 Å². The molecule has 2 aromatic rings. The van der Waals surface area contributed by atoms with Crippen molar-refractivity contribution in [3.05, 3.63) is 53.7 Å². The Kier molecular flexibility index (Phi) is 4.46. The van der Waals surface area contributed by atoms with Crippen molar-refractivity contribution in [2.24, 2.45) is 0 Å². The Morgan fingerprint density at radius 2 is 1.95 bits per heavy atom. The van der Waals surface area contributed by atoms with E-state index in [1.807, 2.05) is 12.1 Å². The molecule has 2 heterocycles. The predicted molar refractivity (Wildman–Crippen MR) is 85.1 cm³/mol. The van der Waals surface area contributed by atoms with Crippen LogP contribution in [0.1, 0.15) is 24.0 Å². The number of rotatable bonds is 4. The zero-order chi connectivity index (χ0) is 14.5. The van der Waals surface area contributed by atoms with Gasteiger partial charge in [0.1, 0.15) is 5.82 Å². The minimum Gasteiger partial charge on any atom is -0.366 e. The molecule has 0 aliphatic carbocycles. The summed E-state index contributed by atoms with van der Waals surface area (Å²) >= 11 is 0. The first-order chi connectivity index (χ1) is 10.3. The molecule has 3 rings (SSSR count). The van der Waals surface area contributed by atoms with Crippen LogP contribution in [0.3, 0.4) is 0 Å². The smallest absolute Gasteiger partial charge is 0.148 e. The summed E-state index contributed by atoms with van der Waals surface area (Å²) in [5, 5.41) is 11.5. The quantitative estimate of drug-likeness (QED) is 0.936. The maximum absolute atomic E-state index is 4.10. The molecule has 0 amide bonds. The lowest BCUT2D eigenvalue weighted by Crippen LogP contribution is -2.38. The van der Waals surface area contributed by atoms with Crippen LogP contribution in [-0.2, 0) is 6.54 Å². The van der Waals surface area contributed by atoms with E-state index in [-0.39, 0.29) is 0 Å². The number of hydrogen-bond acceptors (Lipinski definition) is 4. The molecule has 0 atom stereocenters. The molecule has 1 aliphatic heterocycles. The Morgan fingerprint density at radius 3 is 2.67 bits per heavy atom. The van der Waals surface area contributed by atoms with Crippen LogP contribution < -0.4 is 5.32 Å². The van der Waals surface area contributed by atoms with E-state index < -0.39 is 0 Å². The number of aryl methyl sites for hydroxylation is 1. The summed E-state index contributed by atoms with van der Waals surface area (Å²) in [4.78, 5) is 2.54. The van der Waals surface area contributed by atoms with E-state index >= 15 is 0 Å². The van der Waals surface area contributed by atoms with Gasteiger partial charge in [-0.3, -0.25) is 4.90 Å². The molecule has 0 radical (unpaired) electrons. The monoisotopic (exact) mass is 282 g/mol. The Labute approximate surface area is 126 Å². The van der Waals surface area contributed by atoms with Gasteiger partial charge in [-0.15, -0.1) is 5.10 Å². The summed E-state index contributed by atoms with van der Waals surface area (Å²) in [5.41, 5.74) is 2.83. The fourth-order valence-electron chi connectivity index (χ4n) is 2.85. The molecule has 1 N–H and O–H groups in total. The molecule has 4 nitrogen and oxygen atoms in total. The van der Waals surface area contributed by atoms with Gasteiger partial charge in [0, 0.05) is 31.9 Å². The van der Waals surface area contributed by atoms with Gasteiger partial charge >= 0.3 is 0 Å². The first kappa shape index (κ1) is 14.0. The lowest BCUT2D eigenvalue weighted by molar-refractivity contribution is 0.211. The third kappa shape index (κ3) is 3.79. The topological polar surface area (TPSA) is 41.0 Å². The molecule has 1 fully saturated rings. The zero-order valence-electron chi connectivity index (χ0n) is 12.5. The third-order valence-corrected chi connectivity index (χ3v) is 4.17. The van der Waals surface area contributed by atoms with Gasteiger partial charge in [-0.2, -0.15) is 5.10 Å². The van der Waals surface area contributed by atoms with Crippen LogP contribution in [0, 0.1) is 6.92 Å². The first-order valence-corrected chi connectivity index (χ1v) is 7.62. The fourth-order valence-corrected chi connectivity index (χ4v) is 2.85. The second kappa shape index (κ2) is 6.68. The van der Waals surface area contributed by atoms with Crippen molar-refractivity contribution in [1.82, 2.24) is 15.1 Å². The minimum atomic E-state index is 0.509. The van der Waals surface area contributed by atoms with Gasteiger partial charge in [-0.1, -0.05) is 24.3 Å². The molecule has 21 heavy (non-hydrogen) atoms. The number of hydrogen-bond donors (Lipinski definition) is 1. The van der Waals surface area contributed by atoms with Crippen LogP contribution in [0.25, 0.3) is 0 Å². The summed E-state index contributed by atoms with van der Waals surface area (Å²) in [7, 11) is 0. The highest BCUT2D eigenvalue weighted by Gasteiger charge is 2.19. The van der Waals surface area contributed by atoms with Gasteiger partial charge < -0.3 is 5.32 Å². The number of nitrogens with one attached hydrogen (secondary N) is 1. The molecular weight excluding hydrogens is 260 g/mol. The SMILES string of the molecule is Cc1ccccc1CN1CCC(Nc2cccnn2)CC1. The molecule has 0 unspecified atom stereocenters. The number of aromatic nitrogens is 2. The highest BCUT2D eigenvalue weighted by molar-refractivity contribution is 5.33. The van der Waals surface area contributed by atoms with Gasteiger partial charge in [0.15, 0.2) is 0 Å². The van der Waals surface area contributed by atoms with Gasteiger partial charge in [0.05, 0.1) is 0 Å². The van der Waals surface area contributed by atoms with Crippen molar-refractivity contribution in [3.8, 4) is 0 Å². The second-order valence-corrected chi connectivity index (χ2v) is 5.73. The number of anilines is 1. The molecule has 0 spiro atoms. The third-order valence-electron chi connectivity index (χ3n) is 4.17. The fraction of sp³-hybridized carbons (Fsp3) is 0.412. The average molecular weight is 282 g/mol. The van der Waals surface area contributed by atoms with E-state index in [1.165, 1.54) is 11.1 Å². The van der Waals surface area contributed by atoms with Gasteiger partial charge in [-0.25, -0.2) is 0 Å². The minimum absolute atomic E-state index is 0.509. The van der Waals surface area contributed by atoms with Crippen LogP contribution in [0.5, 0.6) is 0 Å². The van der Waals surface area contributed by atoms with Crippen LogP contribution in [0.4, 0.5) is 5.82 Å². The molecule has 1 aromatic heterocycles. The van der Waals surface area contributed by atoms with Gasteiger partial charge in [0.25, 0.3) is 0 Å².